The Balaban J connectivity index is 1.60. The summed E-state index contributed by atoms with van der Waals surface area (Å²) in [5, 5.41) is -0.757. The number of hydrogen-bond acceptors (Lipinski definition) is 30. The van der Waals surface area contributed by atoms with Crippen LogP contribution < -0.4 is 14.9 Å². The topological polar surface area (TPSA) is 576 Å². The van der Waals surface area contributed by atoms with E-state index < -0.39 is 186 Å². The van der Waals surface area contributed by atoms with Crippen LogP contribution in [0, 0.1) is 0 Å². The lowest BCUT2D eigenvalue weighted by Gasteiger charge is -2.42. The van der Waals surface area contributed by atoms with Gasteiger partial charge in [-0.25, -0.2) is 33.5 Å². The molecule has 1 aromatic heterocycles. The molecular weight excluding hydrogens is 1160 g/mol. The summed E-state index contributed by atoms with van der Waals surface area (Å²) in [6.07, 6.45) is -27.9. The second-order valence-corrected chi connectivity index (χ2v) is 21.9. The molecule has 2 aliphatic rings. The first kappa shape index (κ1) is 58.3. The minimum absolute atomic E-state index is 0.378. The van der Waals surface area contributed by atoms with Crippen molar-refractivity contribution < 1.29 is 161 Å². The monoisotopic (exact) mass is 1190 g/mol. The van der Waals surface area contributed by atoms with Gasteiger partial charge < -0.3 is 23.4 Å². The van der Waals surface area contributed by atoms with Gasteiger partial charge >= 0.3 is 83.2 Å². The minimum atomic E-state index is -5.93. The van der Waals surface area contributed by atoms with Crippen molar-refractivity contribution in [3.05, 3.63) is 46.6 Å². The molecule has 38 nitrogen and oxygen atoms in total. The van der Waals surface area contributed by atoms with E-state index in [0.717, 1.165) is 36.4 Å². The van der Waals surface area contributed by atoms with E-state index in [4.69, 9.17) is 32.5 Å². The van der Waals surface area contributed by atoms with Gasteiger partial charge in [0.05, 0.1) is 24.0 Å². The average Bonchev–Trinajstić information content (AvgIpc) is 3.14. The van der Waals surface area contributed by atoms with Crippen molar-refractivity contribution in [1.82, 2.24) is 0 Å². The molecule has 0 saturated carbocycles. The van der Waals surface area contributed by atoms with Crippen LogP contribution in [0.4, 0.5) is 0 Å². The van der Waals surface area contributed by atoms with Gasteiger partial charge in [0.2, 0.25) is 18.0 Å². The smallest absolute Gasteiger partial charge is 0.397 e. The summed E-state index contributed by atoms with van der Waals surface area (Å²) >= 11 is 0. The van der Waals surface area contributed by atoms with Gasteiger partial charge in [-0.2, -0.15) is 67.3 Å². The van der Waals surface area contributed by atoms with Crippen LogP contribution in [0.3, 0.4) is 0 Å². The molecule has 3 heterocycles. The van der Waals surface area contributed by atoms with Gasteiger partial charge in [0.15, 0.2) is 12.2 Å². The van der Waals surface area contributed by atoms with E-state index >= 15 is 0 Å². The largest absolute Gasteiger partial charge is 0.462 e. The summed E-state index contributed by atoms with van der Waals surface area (Å²) < 4.78 is 323. The SMILES string of the molecule is O=c1c2ccc(O[C@@H]3O[C@H](COS(=O)(=O)O)[C@@H](OS(=O)(=O)O)[C@H](OS(=O)(=O)O)[C@H]3OS(=O)(=O)O)cc2oc2cc(O[C@@H]3O[C@H](COS(=O)(=O)O)[C@@H](OS(=O)(=O)O)[C@H](OS(=O)(=O)O)[C@H]3OS(=O)(=O)O)ccc12. The summed E-state index contributed by atoms with van der Waals surface area (Å²) in [5.74, 6) is -1.41. The zero-order valence-electron chi connectivity index (χ0n) is 33.2. The van der Waals surface area contributed by atoms with E-state index in [1.54, 1.807) is 0 Å². The van der Waals surface area contributed by atoms with Crippen molar-refractivity contribution in [2.75, 3.05) is 13.2 Å². The second-order valence-electron chi connectivity index (χ2n) is 13.4. The van der Waals surface area contributed by atoms with E-state index in [1.165, 1.54) is 0 Å². The number of benzene rings is 2. The molecule has 0 radical (unpaired) electrons. The number of rotatable bonds is 22. The molecule has 0 amide bonds. The molecule has 0 bridgehead atoms. The molecule has 2 aromatic carbocycles. The summed E-state index contributed by atoms with van der Waals surface area (Å²) in [6.45, 7) is -3.29. The number of fused-ring (bicyclic) bond motifs is 2. The van der Waals surface area contributed by atoms with Gasteiger partial charge in [-0.1, -0.05) is 0 Å². The Morgan fingerprint density at radius 2 is 0.676 bits per heavy atom. The van der Waals surface area contributed by atoms with Crippen molar-refractivity contribution in [2.45, 2.75) is 61.4 Å². The molecule has 8 N–H and O–H groups in total. The first-order valence-electron chi connectivity index (χ1n) is 17.3. The Morgan fingerprint density at radius 3 is 0.958 bits per heavy atom. The van der Waals surface area contributed by atoms with Crippen LogP contribution in [0.15, 0.2) is 45.6 Å². The number of ether oxygens (including phenoxy) is 4. The van der Waals surface area contributed by atoms with Crippen LogP contribution in [0.2, 0.25) is 0 Å². The zero-order valence-corrected chi connectivity index (χ0v) is 39.8. The van der Waals surface area contributed by atoms with E-state index in [9.17, 15) is 99.5 Å². The van der Waals surface area contributed by atoms with Crippen molar-refractivity contribution in [1.29, 1.82) is 0 Å². The van der Waals surface area contributed by atoms with Crippen LogP contribution in [-0.4, -0.2) is 178 Å². The number of hydrogen-bond donors (Lipinski definition) is 8. The lowest BCUT2D eigenvalue weighted by molar-refractivity contribution is -0.260. The lowest BCUT2D eigenvalue weighted by Crippen LogP contribution is -2.63. The molecule has 2 fully saturated rings. The molecule has 5 rings (SSSR count). The molecule has 46 heteroatoms. The zero-order chi connectivity index (χ0) is 53.7. The van der Waals surface area contributed by atoms with Gasteiger partial charge in [0, 0.05) is 12.1 Å². The molecule has 0 unspecified atom stereocenters. The normalized spacial score (nSPS) is 26.6. The third-order valence-corrected chi connectivity index (χ3v) is 12.1. The maximum atomic E-state index is 13.6. The summed E-state index contributed by atoms with van der Waals surface area (Å²) in [4.78, 5) is 13.6. The second kappa shape index (κ2) is 21.0. The quantitative estimate of drug-likeness (QED) is 0.0350. The fourth-order valence-corrected chi connectivity index (χ4v) is 9.85. The molecule has 2 saturated heterocycles. The first-order valence-corrected chi connectivity index (χ1v) is 28.3. The predicted octanol–water partition coefficient (Wildman–Crippen LogP) is -4.08. The van der Waals surface area contributed by atoms with Gasteiger partial charge in [0.1, 0.15) is 59.3 Å². The maximum absolute atomic E-state index is 13.6. The molecule has 3 aromatic rings. The summed E-state index contributed by atoms with van der Waals surface area (Å²) in [5.41, 5.74) is -2.15. The first-order chi connectivity index (χ1) is 32.0. The summed E-state index contributed by atoms with van der Waals surface area (Å²) in [6, 6.07) is 4.96. The highest BCUT2D eigenvalue weighted by atomic mass is 32.3. The Kier molecular flexibility index (Phi) is 17.2. The van der Waals surface area contributed by atoms with Gasteiger partial charge in [-0.15, -0.1) is 0 Å². The molecule has 0 spiro atoms. The maximum Gasteiger partial charge on any atom is 0.397 e. The Bertz CT molecular complexity index is 3260. The standard InChI is InChI=1S/C25H28O38S8/c26-17-11-3-1-9(53-24-22(62-70(45,46)47)20(60-68(39,40)41)18(58-66(33,34)35)15(56-24)7-51-64(27,28)29)5-13(11)55-14-6-10(2-4-12(14)17)54-25-23(63-71(48,49)50)21(61-69(42,43)44)19(59-67(36,37)38)16(57-25)8-52-65(30,31)32/h1-6,15-16,18-25H,7-8H2,(H,27,28,29)(H,30,31,32)(H,33,34,35)(H,36,37,38)(H,39,40,41)(H,42,43,44)(H,45,46,47)(H,48,49,50)/t15-,16-,18-,19-,20+,21+,22-,23-,24-,25-/m1/s1. The lowest BCUT2D eigenvalue weighted by atomic mass is 9.99. The fourth-order valence-electron chi connectivity index (χ4n) is 6.25. The highest BCUT2D eigenvalue weighted by molar-refractivity contribution is 7.82. The van der Waals surface area contributed by atoms with Crippen molar-refractivity contribution in [3.8, 4) is 11.5 Å². The van der Waals surface area contributed by atoms with Crippen LogP contribution in [0.5, 0.6) is 11.5 Å². The molecule has 0 aliphatic carbocycles. The third kappa shape index (κ3) is 17.8. The Labute approximate surface area is 396 Å². The van der Waals surface area contributed by atoms with Gasteiger partial charge in [0.25, 0.3) is 0 Å². The minimum Gasteiger partial charge on any atom is -0.462 e. The average molecular weight is 1190 g/mol. The highest BCUT2D eigenvalue weighted by Crippen LogP contribution is 2.36. The van der Waals surface area contributed by atoms with Crippen LogP contribution in [0.25, 0.3) is 21.9 Å². The van der Waals surface area contributed by atoms with E-state index in [2.05, 4.69) is 33.5 Å². The van der Waals surface area contributed by atoms with Gasteiger partial charge in [-0.3, -0.25) is 41.2 Å². The highest BCUT2D eigenvalue weighted by Gasteiger charge is 2.56. The van der Waals surface area contributed by atoms with Crippen molar-refractivity contribution in [3.63, 3.8) is 0 Å². The van der Waals surface area contributed by atoms with Crippen molar-refractivity contribution in [2.24, 2.45) is 0 Å². The van der Waals surface area contributed by atoms with Crippen molar-refractivity contribution >= 4 is 105 Å². The molecular formula is C25H28O38S8. The van der Waals surface area contributed by atoms with E-state index in [0.29, 0.717) is 0 Å². The Morgan fingerprint density at radius 1 is 0.394 bits per heavy atom. The van der Waals surface area contributed by atoms with E-state index in [1.807, 2.05) is 0 Å². The fraction of sp³-hybridized carbons (Fsp3) is 0.480. The molecule has 10 atom stereocenters. The predicted molar refractivity (Wildman–Crippen MR) is 212 cm³/mol. The molecule has 2 aliphatic heterocycles. The third-order valence-electron chi connectivity index (χ3n) is 8.46. The van der Waals surface area contributed by atoms with Gasteiger partial charge in [-0.05, 0) is 24.3 Å². The van der Waals surface area contributed by atoms with Crippen LogP contribution >= 0.6 is 0 Å². The van der Waals surface area contributed by atoms with Crippen LogP contribution in [0.1, 0.15) is 0 Å². The molecule has 404 valence electrons. The van der Waals surface area contributed by atoms with Crippen LogP contribution in [-0.2, 0) is 126 Å². The summed E-state index contributed by atoms with van der Waals surface area (Å²) in [7, 11) is -46.4. The van der Waals surface area contributed by atoms with E-state index in [-0.39, 0.29) is 10.8 Å². The molecule has 71 heavy (non-hydrogen) atoms. The Hall–Kier alpha value is -3.61.